The number of amidine groups is 2. The average molecular weight is 541 g/mol. The molecule has 4 nitrogen and oxygen atoms in total. The van der Waals surface area contributed by atoms with E-state index >= 15 is 0 Å². The molecule has 0 amide bonds. The molecule has 0 fully saturated rings. The molecule has 13 heteroatoms. The molecule has 0 aromatic carbocycles. The van der Waals surface area contributed by atoms with Crippen LogP contribution in [0.4, 0.5) is 0 Å². The Morgan fingerprint density at radius 2 is 1.42 bits per heavy atom. The van der Waals surface area contributed by atoms with Gasteiger partial charge in [-0.3, -0.25) is 0 Å². The van der Waals surface area contributed by atoms with Crippen molar-refractivity contribution in [2.45, 2.75) is 24.0 Å². The summed E-state index contributed by atoms with van der Waals surface area (Å²) in [4.78, 5) is 8.33. The van der Waals surface area contributed by atoms with E-state index in [1.165, 1.54) is 12.2 Å². The predicted octanol–water partition coefficient (Wildman–Crippen LogP) is 6.81. The summed E-state index contributed by atoms with van der Waals surface area (Å²) in [5.41, 5.74) is -1.90. The molecule has 0 atom stereocenters. The minimum absolute atomic E-state index is 0.245. The first kappa shape index (κ1) is 23.1. The van der Waals surface area contributed by atoms with Gasteiger partial charge in [0.05, 0.1) is 0 Å². The van der Waals surface area contributed by atoms with E-state index in [1.54, 1.807) is 19.1 Å². The summed E-state index contributed by atoms with van der Waals surface area (Å²) in [7, 11) is 0. The maximum absolute atomic E-state index is 6.12. The van der Waals surface area contributed by atoms with Gasteiger partial charge in [0.15, 0.2) is 11.7 Å². The third-order valence-corrected chi connectivity index (χ3v) is 4.91. The Bertz CT molecular complexity index is 735. The first-order valence-corrected chi connectivity index (χ1v) is 9.98. The van der Waals surface area contributed by atoms with Crippen LogP contribution in [0.2, 0.25) is 0 Å². The van der Waals surface area contributed by atoms with E-state index in [-0.39, 0.29) is 11.7 Å². The molecule has 2 heterocycles. The molecule has 144 valence electrons. The molecule has 2 rings (SSSR count). The molecule has 0 saturated heterocycles. The number of hydrogen-bond acceptors (Lipinski definition) is 4. The fourth-order valence-electron chi connectivity index (χ4n) is 1.84. The van der Waals surface area contributed by atoms with E-state index in [2.05, 4.69) is 15.3 Å². The van der Waals surface area contributed by atoms with Crippen molar-refractivity contribution in [3.8, 4) is 0 Å². The smallest absolute Gasteiger partial charge is 0.247 e. The van der Waals surface area contributed by atoms with E-state index in [4.69, 9.17) is 109 Å². The zero-order valence-corrected chi connectivity index (χ0v) is 19.3. The summed E-state index contributed by atoms with van der Waals surface area (Å²) in [6.45, 7) is 1.77. The molecule has 0 saturated carbocycles. The van der Waals surface area contributed by atoms with Gasteiger partial charge in [0.25, 0.3) is 0 Å². The minimum atomic E-state index is -2.13. The van der Waals surface area contributed by atoms with Crippen LogP contribution in [-0.4, -0.2) is 28.7 Å². The van der Waals surface area contributed by atoms with Crippen molar-refractivity contribution in [3.63, 3.8) is 0 Å². The number of aryl methyl sites for hydroxylation is 1. The summed E-state index contributed by atoms with van der Waals surface area (Å²) in [5.74, 6) is 0.635. The van der Waals surface area contributed by atoms with Crippen LogP contribution in [-0.2, 0) is 0 Å². The third kappa shape index (κ3) is 5.43. The summed E-state index contributed by atoms with van der Waals surface area (Å²) in [6, 6.07) is 3.44. The SMILES string of the molecule is Cc1ccc(C=CC2(C(Cl)(Cl)Cl)N=C(C(Cl)(Cl)Cl)NC(C(Cl)(Cl)Cl)=N2)o1. The Hall–Kier alpha value is 0.770. The number of hydrogen-bond donors (Lipinski definition) is 1. The van der Waals surface area contributed by atoms with Gasteiger partial charge in [0.1, 0.15) is 11.5 Å². The second-order valence-electron chi connectivity index (χ2n) is 5.05. The van der Waals surface area contributed by atoms with Crippen molar-refractivity contribution in [2.24, 2.45) is 9.98 Å². The van der Waals surface area contributed by atoms with Crippen molar-refractivity contribution < 1.29 is 4.42 Å². The lowest BCUT2D eigenvalue weighted by Gasteiger charge is -2.37. The number of furan rings is 1. The first-order valence-electron chi connectivity index (χ1n) is 6.57. The molecule has 0 aliphatic carbocycles. The van der Waals surface area contributed by atoms with Crippen molar-refractivity contribution in [2.75, 3.05) is 0 Å². The fourth-order valence-corrected chi connectivity index (χ4v) is 2.82. The Morgan fingerprint density at radius 1 is 0.923 bits per heavy atom. The molecule has 1 aromatic heterocycles. The molecule has 0 spiro atoms. The summed E-state index contributed by atoms with van der Waals surface area (Å²) >= 11 is 53.8. The van der Waals surface area contributed by atoms with Crippen molar-refractivity contribution in [1.82, 2.24) is 5.32 Å². The largest absolute Gasteiger partial charge is 0.462 e. The summed E-state index contributed by atoms with van der Waals surface area (Å²) in [6.07, 6.45) is 2.82. The van der Waals surface area contributed by atoms with Gasteiger partial charge < -0.3 is 9.73 Å². The molecule has 1 aliphatic heterocycles. The number of nitrogens with one attached hydrogen (secondary N) is 1. The maximum atomic E-state index is 6.12. The van der Waals surface area contributed by atoms with Crippen molar-refractivity contribution >= 4 is 122 Å². The predicted molar refractivity (Wildman–Crippen MR) is 114 cm³/mol. The molecule has 1 N–H and O–H groups in total. The Balaban J connectivity index is 2.66. The quantitative estimate of drug-likeness (QED) is 0.419. The highest BCUT2D eigenvalue weighted by Crippen LogP contribution is 2.47. The molecule has 1 aromatic rings. The molecular weight excluding hydrogens is 533 g/mol. The standard InChI is InChI=1S/C13H8Cl9N3O/c1-6-2-3-7(26-6)4-5-10(13(20,21)22)24-8(11(14,15)16)23-9(25-10)12(17,18)19/h2-5H,1H3,(H,23,24,25). The van der Waals surface area contributed by atoms with Gasteiger partial charge in [-0.2, -0.15) is 0 Å². The number of aliphatic imine (C=N–C) groups is 2. The van der Waals surface area contributed by atoms with Crippen LogP contribution in [0.5, 0.6) is 0 Å². The Labute approximate surface area is 194 Å². The van der Waals surface area contributed by atoms with E-state index < -0.39 is 17.0 Å². The lowest BCUT2D eigenvalue weighted by Crippen LogP contribution is -2.54. The zero-order valence-electron chi connectivity index (χ0n) is 12.5. The highest BCUT2D eigenvalue weighted by atomic mass is 35.6. The van der Waals surface area contributed by atoms with Gasteiger partial charge in [-0.05, 0) is 31.2 Å². The molecule has 26 heavy (non-hydrogen) atoms. The number of halogens is 9. The van der Waals surface area contributed by atoms with Gasteiger partial charge in [0.2, 0.25) is 17.0 Å². The van der Waals surface area contributed by atoms with Crippen LogP contribution < -0.4 is 5.32 Å². The molecule has 0 unspecified atom stereocenters. The molecule has 0 radical (unpaired) electrons. The first-order chi connectivity index (χ1) is 11.6. The second-order valence-corrected chi connectivity index (χ2v) is 11.9. The fraction of sp³-hybridized carbons (Fsp3) is 0.385. The van der Waals surface area contributed by atoms with E-state index in [0.717, 1.165) is 0 Å². The van der Waals surface area contributed by atoms with E-state index in [0.29, 0.717) is 11.5 Å². The lowest BCUT2D eigenvalue weighted by atomic mass is 10.1. The molecular formula is C13H8Cl9N3O. The van der Waals surface area contributed by atoms with Crippen LogP contribution in [0.3, 0.4) is 0 Å². The van der Waals surface area contributed by atoms with E-state index in [9.17, 15) is 0 Å². The Kier molecular flexibility index (Phi) is 6.99. The van der Waals surface area contributed by atoms with Crippen molar-refractivity contribution in [3.05, 3.63) is 29.7 Å². The summed E-state index contributed by atoms with van der Waals surface area (Å²) < 4.78 is -0.763. The monoisotopic (exact) mass is 537 g/mol. The van der Waals surface area contributed by atoms with Crippen LogP contribution in [0.25, 0.3) is 6.08 Å². The van der Waals surface area contributed by atoms with E-state index in [1.807, 2.05) is 0 Å². The van der Waals surface area contributed by atoms with Gasteiger partial charge in [0, 0.05) is 0 Å². The van der Waals surface area contributed by atoms with Crippen LogP contribution >= 0.6 is 104 Å². The van der Waals surface area contributed by atoms with Crippen molar-refractivity contribution in [1.29, 1.82) is 0 Å². The van der Waals surface area contributed by atoms with Gasteiger partial charge in [-0.1, -0.05) is 104 Å². The topological polar surface area (TPSA) is 49.9 Å². The normalized spacial score (nSPS) is 18.5. The Morgan fingerprint density at radius 3 is 1.77 bits per heavy atom. The molecule has 1 aliphatic rings. The van der Waals surface area contributed by atoms with Gasteiger partial charge in [-0.15, -0.1) is 0 Å². The third-order valence-electron chi connectivity index (χ3n) is 3.00. The highest BCUT2D eigenvalue weighted by molar-refractivity contribution is 6.79. The van der Waals surface area contributed by atoms with Crippen LogP contribution in [0, 0.1) is 6.92 Å². The van der Waals surface area contributed by atoms with Crippen LogP contribution in [0.15, 0.2) is 32.6 Å². The van der Waals surface area contributed by atoms with Gasteiger partial charge in [-0.25, -0.2) is 9.98 Å². The second kappa shape index (κ2) is 7.89. The number of nitrogens with zero attached hydrogens (tertiary/aromatic N) is 2. The van der Waals surface area contributed by atoms with Crippen LogP contribution in [0.1, 0.15) is 11.5 Å². The maximum Gasteiger partial charge on any atom is 0.247 e. The average Bonchev–Trinajstić information content (AvgIpc) is 2.87. The summed E-state index contributed by atoms with van der Waals surface area (Å²) in [5, 5.41) is 2.54. The molecule has 0 bridgehead atoms. The van der Waals surface area contributed by atoms with Gasteiger partial charge >= 0.3 is 0 Å². The highest BCUT2D eigenvalue weighted by Gasteiger charge is 2.53. The number of alkyl halides is 9. The zero-order chi connectivity index (χ0) is 20.0. The number of rotatable bonds is 2. The minimum Gasteiger partial charge on any atom is -0.462 e. The lowest BCUT2D eigenvalue weighted by molar-refractivity contribution is 0.521.